The molecule has 1 aromatic carbocycles. The number of nitrogens with zero attached hydrogens (tertiary/aromatic N) is 1. The first-order chi connectivity index (χ1) is 12.0. The lowest BCUT2D eigenvalue weighted by atomic mass is 10.1. The van der Waals surface area contributed by atoms with E-state index in [-0.39, 0.29) is 27.8 Å². The van der Waals surface area contributed by atoms with Crippen LogP contribution in [0, 0.1) is 0 Å². The number of hydrogen-bond donors (Lipinski definition) is 1. The molecular formula is C16H14F3NO4S2. The van der Waals surface area contributed by atoms with Crippen molar-refractivity contribution in [2.75, 3.05) is 19.5 Å². The van der Waals surface area contributed by atoms with E-state index in [9.17, 15) is 21.6 Å². The number of rotatable bonds is 6. The lowest BCUT2D eigenvalue weighted by molar-refractivity contribution is -0.137. The summed E-state index contributed by atoms with van der Waals surface area (Å²) >= 11 is 4.81. The molecular weight excluding hydrogens is 391 g/mol. The van der Waals surface area contributed by atoms with Gasteiger partial charge in [0.1, 0.15) is 6.61 Å². The van der Waals surface area contributed by atoms with Crippen molar-refractivity contribution in [1.29, 1.82) is 0 Å². The molecule has 1 N–H and O–H groups in total. The maximum Gasteiger partial charge on any atom is 0.417 e. The van der Waals surface area contributed by atoms with Gasteiger partial charge in [0.05, 0.1) is 21.9 Å². The third-order valence-corrected chi connectivity index (χ3v) is 4.69. The van der Waals surface area contributed by atoms with Crippen molar-refractivity contribution in [1.82, 2.24) is 4.98 Å². The molecule has 1 heterocycles. The Morgan fingerprint density at radius 3 is 2.38 bits per heavy atom. The van der Waals surface area contributed by atoms with Crippen molar-refractivity contribution in [3.63, 3.8) is 0 Å². The first kappa shape index (κ1) is 20.3. The molecule has 10 heteroatoms. The van der Waals surface area contributed by atoms with Crippen LogP contribution < -0.4 is 4.74 Å². The Bertz CT molecular complexity index is 910. The summed E-state index contributed by atoms with van der Waals surface area (Å²) in [6.07, 6.45) is -2.95. The van der Waals surface area contributed by atoms with Gasteiger partial charge in [0.25, 0.3) is 0 Å². The number of aliphatic hydroxyl groups is 1. The van der Waals surface area contributed by atoms with Crippen molar-refractivity contribution in [3.05, 3.63) is 42.1 Å². The van der Waals surface area contributed by atoms with E-state index < -0.39 is 28.2 Å². The van der Waals surface area contributed by atoms with E-state index in [2.05, 4.69) is 4.98 Å². The van der Waals surface area contributed by atoms with Gasteiger partial charge in [-0.3, -0.25) is 0 Å². The van der Waals surface area contributed by atoms with E-state index in [0.29, 0.717) is 11.8 Å². The van der Waals surface area contributed by atoms with Gasteiger partial charge in [-0.25, -0.2) is 13.4 Å². The van der Waals surface area contributed by atoms with Gasteiger partial charge in [-0.1, -0.05) is 24.4 Å². The standard InChI is InChI=1S/C16H14F3NO4S2/c1-26(22,23)13-4-2-10(3-5-13)14-6-11(16(17,18)19)7-20-15(14)24-9-12(25)8-21/h2-7,21H,8-9H2,1H3. The predicted octanol–water partition coefficient (Wildman–Crippen LogP) is 2.91. The Kier molecular flexibility index (Phi) is 5.99. The zero-order valence-corrected chi connectivity index (χ0v) is 15.1. The molecule has 0 atom stereocenters. The molecule has 0 bridgehead atoms. The van der Waals surface area contributed by atoms with Crippen LogP contribution in [-0.2, 0) is 16.0 Å². The van der Waals surface area contributed by atoms with Crippen LogP contribution >= 0.6 is 12.2 Å². The Hall–Kier alpha value is -2.04. The number of aliphatic hydroxyl groups excluding tert-OH is 1. The number of alkyl halides is 3. The predicted molar refractivity (Wildman–Crippen MR) is 93.0 cm³/mol. The van der Waals surface area contributed by atoms with Crippen LogP contribution in [-0.4, -0.2) is 42.8 Å². The smallest absolute Gasteiger partial charge is 0.417 e. The molecule has 0 aliphatic rings. The topological polar surface area (TPSA) is 76.5 Å². The fourth-order valence-electron chi connectivity index (χ4n) is 2.01. The van der Waals surface area contributed by atoms with Crippen molar-refractivity contribution >= 4 is 26.9 Å². The second-order valence-electron chi connectivity index (χ2n) is 5.36. The number of sulfone groups is 1. The summed E-state index contributed by atoms with van der Waals surface area (Å²) < 4.78 is 67.3. The van der Waals surface area contributed by atoms with Crippen LogP contribution in [0.15, 0.2) is 41.4 Å². The molecule has 0 unspecified atom stereocenters. The quantitative estimate of drug-likeness (QED) is 0.745. The molecule has 1 aromatic heterocycles. The minimum Gasteiger partial charge on any atom is -0.472 e. The van der Waals surface area contributed by atoms with Crippen molar-refractivity contribution in [2.45, 2.75) is 11.1 Å². The van der Waals surface area contributed by atoms with Gasteiger partial charge < -0.3 is 9.84 Å². The Morgan fingerprint density at radius 2 is 1.88 bits per heavy atom. The SMILES string of the molecule is CS(=O)(=O)c1ccc(-c2cc(C(F)(F)F)cnc2OCC(=S)CO)cc1. The van der Waals surface area contributed by atoms with E-state index in [1.807, 2.05) is 0 Å². The monoisotopic (exact) mass is 405 g/mol. The maximum atomic E-state index is 13.0. The van der Waals surface area contributed by atoms with Crippen molar-refractivity contribution in [3.8, 4) is 17.0 Å². The Balaban J connectivity index is 2.50. The normalized spacial score (nSPS) is 12.0. The van der Waals surface area contributed by atoms with Crippen LogP contribution in [0.5, 0.6) is 5.88 Å². The summed E-state index contributed by atoms with van der Waals surface area (Å²) in [5.74, 6) is -0.110. The lowest BCUT2D eigenvalue weighted by Crippen LogP contribution is -2.14. The number of aromatic nitrogens is 1. The minimum atomic E-state index is -4.60. The molecule has 0 saturated heterocycles. The van der Waals surface area contributed by atoms with Gasteiger partial charge in [0, 0.05) is 18.0 Å². The fraction of sp³-hybridized carbons (Fsp3) is 0.250. The second-order valence-corrected chi connectivity index (χ2v) is 7.95. The molecule has 2 aromatic rings. The first-order valence-corrected chi connectivity index (χ1v) is 9.45. The third kappa shape index (κ3) is 4.99. The molecule has 26 heavy (non-hydrogen) atoms. The zero-order valence-electron chi connectivity index (χ0n) is 13.4. The van der Waals surface area contributed by atoms with E-state index >= 15 is 0 Å². The van der Waals surface area contributed by atoms with Gasteiger partial charge in [0.2, 0.25) is 5.88 Å². The summed E-state index contributed by atoms with van der Waals surface area (Å²) in [6.45, 7) is -0.604. The number of hydrogen-bond acceptors (Lipinski definition) is 6. The number of thiocarbonyl (C=S) groups is 1. The largest absolute Gasteiger partial charge is 0.472 e. The number of pyridine rings is 1. The van der Waals surface area contributed by atoms with Gasteiger partial charge in [-0.15, -0.1) is 0 Å². The van der Waals surface area contributed by atoms with Gasteiger partial charge >= 0.3 is 6.18 Å². The highest BCUT2D eigenvalue weighted by Gasteiger charge is 2.32. The van der Waals surface area contributed by atoms with Crippen LogP contribution in [0.25, 0.3) is 11.1 Å². The van der Waals surface area contributed by atoms with E-state index in [1.165, 1.54) is 24.3 Å². The molecule has 0 spiro atoms. The van der Waals surface area contributed by atoms with Crippen LogP contribution in [0.2, 0.25) is 0 Å². The molecule has 0 aliphatic heterocycles. The van der Waals surface area contributed by atoms with Gasteiger partial charge in [-0.05, 0) is 23.8 Å². The van der Waals surface area contributed by atoms with Crippen LogP contribution in [0.1, 0.15) is 5.56 Å². The van der Waals surface area contributed by atoms with Gasteiger partial charge in [-0.2, -0.15) is 13.2 Å². The molecule has 5 nitrogen and oxygen atoms in total. The molecule has 0 saturated carbocycles. The van der Waals surface area contributed by atoms with Gasteiger partial charge in [0.15, 0.2) is 9.84 Å². The number of halogens is 3. The minimum absolute atomic E-state index is 0.0283. The average Bonchev–Trinajstić information content (AvgIpc) is 2.58. The average molecular weight is 405 g/mol. The summed E-state index contributed by atoms with van der Waals surface area (Å²) in [5, 5.41) is 8.91. The van der Waals surface area contributed by atoms with Crippen LogP contribution in [0.3, 0.4) is 0 Å². The maximum absolute atomic E-state index is 13.0. The summed E-state index contributed by atoms with van der Waals surface area (Å²) in [5.41, 5.74) is -0.654. The summed E-state index contributed by atoms with van der Waals surface area (Å²) in [6, 6.07) is 6.16. The zero-order chi connectivity index (χ0) is 19.5. The van der Waals surface area contributed by atoms with Crippen LogP contribution in [0.4, 0.5) is 13.2 Å². The highest BCUT2D eigenvalue weighted by atomic mass is 32.2. The molecule has 0 fully saturated rings. The second kappa shape index (κ2) is 7.68. The lowest BCUT2D eigenvalue weighted by Gasteiger charge is -2.14. The van der Waals surface area contributed by atoms with E-state index in [1.54, 1.807) is 0 Å². The Labute approximate surface area is 153 Å². The van der Waals surface area contributed by atoms with Crippen molar-refractivity contribution in [2.24, 2.45) is 0 Å². The number of benzene rings is 1. The van der Waals surface area contributed by atoms with E-state index in [4.69, 9.17) is 22.1 Å². The highest BCUT2D eigenvalue weighted by Crippen LogP contribution is 2.36. The third-order valence-electron chi connectivity index (χ3n) is 3.32. The molecule has 0 aliphatic carbocycles. The number of ether oxygens (including phenoxy) is 1. The summed E-state index contributed by atoms with van der Waals surface area (Å²) in [7, 11) is -3.44. The van der Waals surface area contributed by atoms with Crippen molar-refractivity contribution < 1.29 is 31.4 Å². The molecule has 2 rings (SSSR count). The highest BCUT2D eigenvalue weighted by molar-refractivity contribution is 7.90. The summed E-state index contributed by atoms with van der Waals surface area (Å²) in [4.78, 5) is 3.89. The molecule has 140 valence electrons. The molecule has 0 radical (unpaired) electrons. The van der Waals surface area contributed by atoms with E-state index in [0.717, 1.165) is 12.3 Å². The molecule has 0 amide bonds. The Morgan fingerprint density at radius 1 is 1.27 bits per heavy atom. The first-order valence-electron chi connectivity index (χ1n) is 7.15. The fourth-order valence-corrected chi connectivity index (χ4v) is 2.69.